The van der Waals surface area contributed by atoms with E-state index in [1.807, 2.05) is 6.07 Å². The van der Waals surface area contributed by atoms with E-state index in [0.717, 1.165) is 31.4 Å². The van der Waals surface area contributed by atoms with Crippen molar-refractivity contribution in [3.8, 4) is 0 Å². The topological polar surface area (TPSA) is 64.5 Å². The lowest BCUT2D eigenvalue weighted by Crippen LogP contribution is -2.22. The summed E-state index contributed by atoms with van der Waals surface area (Å²) in [7, 11) is 0. The highest BCUT2D eigenvalue weighted by Gasteiger charge is 2.19. The van der Waals surface area contributed by atoms with E-state index in [1.165, 1.54) is 17.7 Å². The quantitative estimate of drug-likeness (QED) is 0.859. The van der Waals surface area contributed by atoms with Gasteiger partial charge in [0.05, 0.1) is 11.7 Å². The molecule has 1 saturated carbocycles. The van der Waals surface area contributed by atoms with E-state index < -0.39 is 5.97 Å². The second kappa shape index (κ2) is 7.49. The van der Waals surface area contributed by atoms with Crippen molar-refractivity contribution in [1.29, 1.82) is 0 Å². The molecule has 0 saturated heterocycles. The molecule has 1 fully saturated rings. The molecule has 0 amide bonds. The molecule has 0 bridgehead atoms. The molecular weight excluding hydrogens is 324 g/mol. The highest BCUT2D eigenvalue weighted by atomic mass is 35.5. The normalized spacial score (nSPS) is 17.4. The molecule has 0 radical (unpaired) electrons. The summed E-state index contributed by atoms with van der Waals surface area (Å²) in [5.74, 6) is -0.704. The van der Waals surface area contributed by atoms with Crippen molar-refractivity contribution in [3.63, 3.8) is 0 Å². The van der Waals surface area contributed by atoms with Crippen molar-refractivity contribution in [2.45, 2.75) is 31.6 Å². The number of rotatable bonds is 4. The number of anilines is 1. The van der Waals surface area contributed by atoms with Crippen LogP contribution in [0, 0.1) is 0 Å². The van der Waals surface area contributed by atoms with Crippen molar-refractivity contribution >= 4 is 29.0 Å². The van der Waals surface area contributed by atoms with Crippen LogP contribution in [0.3, 0.4) is 0 Å². The standard InChI is InChI=1S/C19H19ClN2O2/c20-18-11-10-16(12-17(18)19(23)24)22-21-15-8-6-14(7-9-15)13-4-2-1-3-5-13/h1-5,10-12,14,22H,6-9H2,(H,23,24)/p-1. The van der Waals surface area contributed by atoms with Gasteiger partial charge < -0.3 is 9.90 Å². The summed E-state index contributed by atoms with van der Waals surface area (Å²) in [4.78, 5) is 11.0. The monoisotopic (exact) mass is 341 g/mol. The zero-order chi connectivity index (χ0) is 16.9. The average molecular weight is 342 g/mol. The number of benzene rings is 2. The van der Waals surface area contributed by atoms with Gasteiger partial charge in [0, 0.05) is 16.3 Å². The first-order valence-corrected chi connectivity index (χ1v) is 8.38. The third-order valence-corrected chi connectivity index (χ3v) is 4.69. The largest absolute Gasteiger partial charge is 0.545 e. The number of nitrogens with one attached hydrogen (secondary N) is 1. The van der Waals surface area contributed by atoms with Crippen LogP contribution in [-0.2, 0) is 0 Å². The lowest BCUT2D eigenvalue weighted by Gasteiger charge is -2.23. The average Bonchev–Trinajstić information content (AvgIpc) is 2.62. The Morgan fingerprint density at radius 2 is 1.83 bits per heavy atom. The summed E-state index contributed by atoms with van der Waals surface area (Å²) in [6.45, 7) is 0. The number of aromatic carboxylic acids is 1. The van der Waals surface area contributed by atoms with Crippen LogP contribution in [0.15, 0.2) is 53.6 Å². The number of carbonyl (C=O) groups excluding carboxylic acids is 1. The number of carboxylic acids is 1. The summed E-state index contributed by atoms with van der Waals surface area (Å²) in [5, 5.41) is 15.6. The predicted molar refractivity (Wildman–Crippen MR) is 94.5 cm³/mol. The van der Waals surface area contributed by atoms with Gasteiger partial charge in [-0.2, -0.15) is 5.10 Å². The Bertz CT molecular complexity index is 749. The zero-order valence-electron chi connectivity index (χ0n) is 13.2. The molecule has 0 aromatic heterocycles. The Labute approximate surface area is 146 Å². The maximum absolute atomic E-state index is 11.0. The van der Waals surface area contributed by atoms with E-state index in [2.05, 4.69) is 34.8 Å². The van der Waals surface area contributed by atoms with E-state index in [0.29, 0.717) is 11.6 Å². The number of carbonyl (C=O) groups is 1. The van der Waals surface area contributed by atoms with Gasteiger partial charge in [-0.3, -0.25) is 5.43 Å². The van der Waals surface area contributed by atoms with E-state index in [-0.39, 0.29) is 10.6 Å². The van der Waals surface area contributed by atoms with Crippen LogP contribution in [0.1, 0.15) is 47.5 Å². The molecule has 24 heavy (non-hydrogen) atoms. The fourth-order valence-electron chi connectivity index (χ4n) is 3.02. The van der Waals surface area contributed by atoms with Gasteiger partial charge in [0.15, 0.2) is 0 Å². The molecule has 0 spiro atoms. The zero-order valence-corrected chi connectivity index (χ0v) is 13.9. The van der Waals surface area contributed by atoms with E-state index in [4.69, 9.17) is 11.6 Å². The van der Waals surface area contributed by atoms with E-state index >= 15 is 0 Å². The molecule has 2 aromatic carbocycles. The third-order valence-electron chi connectivity index (χ3n) is 4.36. The van der Waals surface area contributed by atoms with Gasteiger partial charge in [-0.15, -0.1) is 0 Å². The molecule has 1 N–H and O–H groups in total. The Morgan fingerprint density at radius 1 is 1.12 bits per heavy atom. The van der Waals surface area contributed by atoms with Gasteiger partial charge in [-0.05, 0) is 55.4 Å². The lowest BCUT2D eigenvalue weighted by molar-refractivity contribution is -0.255. The first kappa shape index (κ1) is 16.5. The first-order valence-electron chi connectivity index (χ1n) is 8.01. The maximum atomic E-state index is 11.0. The molecule has 0 aliphatic heterocycles. The summed E-state index contributed by atoms with van der Waals surface area (Å²) >= 11 is 5.83. The molecule has 1 aliphatic rings. The second-order valence-electron chi connectivity index (χ2n) is 5.96. The van der Waals surface area contributed by atoms with Gasteiger partial charge in [-0.25, -0.2) is 0 Å². The summed E-state index contributed by atoms with van der Waals surface area (Å²) in [5.41, 5.74) is 5.98. The Kier molecular flexibility index (Phi) is 5.16. The van der Waals surface area contributed by atoms with Crippen LogP contribution in [0.25, 0.3) is 0 Å². The minimum absolute atomic E-state index is 0.0327. The number of hydrogen-bond acceptors (Lipinski definition) is 4. The van der Waals surface area contributed by atoms with Gasteiger partial charge in [0.25, 0.3) is 0 Å². The summed E-state index contributed by atoms with van der Waals surface area (Å²) in [6.07, 6.45) is 4.03. The third kappa shape index (κ3) is 3.95. The summed E-state index contributed by atoms with van der Waals surface area (Å²) in [6, 6.07) is 15.2. The molecule has 0 atom stereocenters. The number of carboxylic acid groups (broad SMARTS) is 1. The van der Waals surface area contributed by atoms with Crippen molar-refractivity contribution in [3.05, 3.63) is 64.7 Å². The highest BCUT2D eigenvalue weighted by molar-refractivity contribution is 6.33. The van der Waals surface area contributed by atoms with Crippen molar-refractivity contribution in [2.75, 3.05) is 5.43 Å². The fraction of sp³-hybridized carbons (Fsp3) is 0.263. The molecule has 1 aliphatic carbocycles. The second-order valence-corrected chi connectivity index (χ2v) is 6.36. The number of hydrazone groups is 1. The molecule has 3 rings (SSSR count). The van der Waals surface area contributed by atoms with Crippen molar-refractivity contribution in [1.82, 2.24) is 0 Å². The lowest BCUT2D eigenvalue weighted by atomic mass is 9.83. The molecule has 2 aromatic rings. The molecular formula is C19H18ClN2O2-. The predicted octanol–water partition coefficient (Wildman–Crippen LogP) is 3.83. The molecule has 5 heteroatoms. The van der Waals surface area contributed by atoms with Crippen LogP contribution in [0.5, 0.6) is 0 Å². The van der Waals surface area contributed by atoms with Crippen LogP contribution < -0.4 is 10.5 Å². The molecule has 0 unspecified atom stereocenters. The summed E-state index contributed by atoms with van der Waals surface area (Å²) < 4.78 is 0. The minimum Gasteiger partial charge on any atom is -0.545 e. The first-order chi connectivity index (χ1) is 11.6. The van der Waals surface area contributed by atoms with Crippen LogP contribution in [0.2, 0.25) is 5.02 Å². The fourth-order valence-corrected chi connectivity index (χ4v) is 3.21. The minimum atomic E-state index is -1.29. The molecule has 0 heterocycles. The van der Waals surface area contributed by atoms with E-state index in [1.54, 1.807) is 6.07 Å². The van der Waals surface area contributed by atoms with Crippen molar-refractivity contribution in [2.24, 2.45) is 5.10 Å². The number of hydrogen-bond donors (Lipinski definition) is 1. The number of halogens is 1. The van der Waals surface area contributed by atoms with Gasteiger partial charge in [0.1, 0.15) is 0 Å². The maximum Gasteiger partial charge on any atom is 0.0731 e. The Balaban J connectivity index is 1.61. The van der Waals surface area contributed by atoms with Crippen LogP contribution in [-0.4, -0.2) is 11.7 Å². The van der Waals surface area contributed by atoms with Gasteiger partial charge in [-0.1, -0.05) is 41.9 Å². The van der Waals surface area contributed by atoms with Crippen LogP contribution in [0.4, 0.5) is 5.69 Å². The van der Waals surface area contributed by atoms with E-state index in [9.17, 15) is 9.90 Å². The van der Waals surface area contributed by atoms with Crippen molar-refractivity contribution < 1.29 is 9.90 Å². The van der Waals surface area contributed by atoms with Gasteiger partial charge in [0.2, 0.25) is 0 Å². The highest BCUT2D eigenvalue weighted by Crippen LogP contribution is 2.31. The SMILES string of the molecule is O=C([O-])c1cc(NN=C2CCC(c3ccccc3)CC2)ccc1Cl. The molecule has 124 valence electrons. The van der Waals surface area contributed by atoms with Crippen LogP contribution >= 0.6 is 11.6 Å². The smallest absolute Gasteiger partial charge is 0.0731 e. The Morgan fingerprint density at radius 3 is 2.50 bits per heavy atom. The van der Waals surface area contributed by atoms with Gasteiger partial charge >= 0.3 is 0 Å². The molecule has 4 nitrogen and oxygen atoms in total. The number of nitrogens with zero attached hydrogens (tertiary/aromatic N) is 1. The Hall–Kier alpha value is -2.33.